The predicted molar refractivity (Wildman–Crippen MR) is 128 cm³/mol. The van der Waals surface area contributed by atoms with E-state index < -0.39 is 0 Å². The molecule has 0 amide bonds. The van der Waals surface area contributed by atoms with Crippen LogP contribution >= 0.6 is 0 Å². The van der Waals surface area contributed by atoms with Crippen molar-refractivity contribution in [3.8, 4) is 5.75 Å². The standard InChI is InChI=1S/C23H29N7O/c1-15(2)7-9-26-22-21-17(8-10-27-22)14-28-23(30-21)29-19-6-5-16(11-20(19)31-4)18(12-24)13-25-3/h5-6,8,10-15H,7,9,24H2,1-4H3,(H,26,27)(H,28,29,30). The summed E-state index contributed by atoms with van der Waals surface area (Å²) in [6.07, 6.45) is 7.82. The fourth-order valence-electron chi connectivity index (χ4n) is 3.07. The zero-order chi connectivity index (χ0) is 22.2. The Morgan fingerprint density at radius 1 is 1.26 bits per heavy atom. The minimum absolute atomic E-state index is 0.461. The molecule has 0 fully saturated rings. The number of nitrogens with two attached hydrogens (primary N) is 1. The number of fused-ring (bicyclic) bond motifs is 1. The Morgan fingerprint density at radius 2 is 2.10 bits per heavy atom. The second-order valence-corrected chi connectivity index (χ2v) is 7.45. The van der Waals surface area contributed by atoms with Crippen molar-refractivity contribution in [2.24, 2.45) is 16.6 Å². The molecule has 0 radical (unpaired) electrons. The van der Waals surface area contributed by atoms with Gasteiger partial charge >= 0.3 is 0 Å². The number of ether oxygens (including phenoxy) is 1. The summed E-state index contributed by atoms with van der Waals surface area (Å²) in [5, 5.41) is 7.56. The zero-order valence-electron chi connectivity index (χ0n) is 18.4. The molecule has 8 heteroatoms. The van der Waals surface area contributed by atoms with Crippen LogP contribution in [0.4, 0.5) is 17.5 Å². The molecule has 31 heavy (non-hydrogen) atoms. The molecule has 0 unspecified atom stereocenters. The highest BCUT2D eigenvalue weighted by Gasteiger charge is 2.11. The molecule has 8 nitrogen and oxygen atoms in total. The molecule has 0 saturated heterocycles. The van der Waals surface area contributed by atoms with E-state index in [1.807, 2.05) is 24.3 Å². The molecule has 162 valence electrons. The Morgan fingerprint density at radius 3 is 2.81 bits per heavy atom. The second kappa shape index (κ2) is 10.4. The summed E-state index contributed by atoms with van der Waals surface area (Å²) >= 11 is 0. The van der Waals surface area contributed by atoms with Crippen LogP contribution in [-0.2, 0) is 0 Å². The van der Waals surface area contributed by atoms with E-state index in [9.17, 15) is 0 Å². The van der Waals surface area contributed by atoms with E-state index in [1.165, 1.54) is 6.20 Å². The van der Waals surface area contributed by atoms with Gasteiger partial charge in [0.05, 0.1) is 12.8 Å². The van der Waals surface area contributed by atoms with Gasteiger partial charge in [0, 0.05) is 49.4 Å². The number of nitrogens with one attached hydrogen (secondary N) is 2. The first-order valence-corrected chi connectivity index (χ1v) is 10.2. The number of benzene rings is 1. The number of hydrogen-bond donors (Lipinski definition) is 3. The number of allylic oxidation sites excluding steroid dienone is 1. The number of nitrogens with zero attached hydrogens (tertiary/aromatic N) is 4. The predicted octanol–water partition coefficient (Wildman–Crippen LogP) is 4.24. The third kappa shape index (κ3) is 5.48. The average molecular weight is 420 g/mol. The first-order chi connectivity index (χ1) is 15.0. The highest BCUT2D eigenvalue weighted by atomic mass is 16.5. The third-order valence-electron chi connectivity index (χ3n) is 4.74. The van der Waals surface area contributed by atoms with Crippen LogP contribution in [-0.4, -0.2) is 41.9 Å². The number of aliphatic imine (C=N–C) groups is 1. The molecule has 4 N–H and O–H groups in total. The normalized spacial score (nSPS) is 12.0. The fraction of sp³-hybridized carbons (Fsp3) is 0.304. The topological polar surface area (TPSA) is 110 Å². The molecule has 2 aromatic heterocycles. The molecule has 0 spiro atoms. The van der Waals surface area contributed by atoms with Gasteiger partial charge in [0.15, 0.2) is 5.82 Å². The largest absolute Gasteiger partial charge is 0.495 e. The first-order valence-electron chi connectivity index (χ1n) is 10.2. The Bertz CT molecular complexity index is 1090. The summed E-state index contributed by atoms with van der Waals surface area (Å²) in [5.41, 5.74) is 8.94. The lowest BCUT2D eigenvalue weighted by atomic mass is 10.1. The summed E-state index contributed by atoms with van der Waals surface area (Å²) < 4.78 is 5.56. The maximum atomic E-state index is 5.72. The highest BCUT2D eigenvalue weighted by molar-refractivity contribution is 6.09. The number of aromatic nitrogens is 3. The van der Waals surface area contributed by atoms with Crippen LogP contribution in [0.25, 0.3) is 16.5 Å². The quantitative estimate of drug-likeness (QED) is 0.445. The minimum atomic E-state index is 0.461. The molecule has 3 rings (SSSR count). The van der Waals surface area contributed by atoms with Gasteiger partial charge in [-0.1, -0.05) is 19.9 Å². The van der Waals surface area contributed by atoms with Gasteiger partial charge in [-0.25, -0.2) is 15.0 Å². The SMILES string of the molecule is CN=CC(=CN)c1ccc(Nc2ncc3ccnc(NCCC(C)C)c3n2)c(OC)c1. The lowest BCUT2D eigenvalue weighted by molar-refractivity contribution is 0.416. The van der Waals surface area contributed by atoms with Crippen molar-refractivity contribution in [2.75, 3.05) is 31.3 Å². The van der Waals surface area contributed by atoms with Crippen LogP contribution in [0, 0.1) is 5.92 Å². The van der Waals surface area contributed by atoms with Crippen molar-refractivity contribution in [3.63, 3.8) is 0 Å². The summed E-state index contributed by atoms with van der Waals surface area (Å²) in [6.45, 7) is 5.23. The summed E-state index contributed by atoms with van der Waals surface area (Å²) in [6, 6.07) is 7.63. The van der Waals surface area contributed by atoms with Crippen molar-refractivity contribution in [1.82, 2.24) is 15.0 Å². The monoisotopic (exact) mass is 419 g/mol. The zero-order valence-corrected chi connectivity index (χ0v) is 18.4. The van der Waals surface area contributed by atoms with E-state index in [2.05, 4.69) is 39.4 Å². The molecule has 0 atom stereocenters. The lowest BCUT2D eigenvalue weighted by Crippen LogP contribution is -2.07. The summed E-state index contributed by atoms with van der Waals surface area (Å²) in [7, 11) is 3.32. The molecule has 3 aromatic rings. The fourth-order valence-corrected chi connectivity index (χ4v) is 3.07. The molecule has 0 saturated carbocycles. The van der Waals surface area contributed by atoms with Crippen LogP contribution in [0.5, 0.6) is 5.75 Å². The number of methoxy groups -OCH3 is 1. The van der Waals surface area contributed by atoms with E-state index in [0.717, 1.165) is 46.5 Å². The first kappa shape index (κ1) is 22.0. The number of anilines is 3. The van der Waals surface area contributed by atoms with Crippen LogP contribution in [0.3, 0.4) is 0 Å². The molecule has 0 aliphatic rings. The van der Waals surface area contributed by atoms with Gasteiger partial charge in [-0.2, -0.15) is 0 Å². The smallest absolute Gasteiger partial charge is 0.227 e. The Hall–Kier alpha value is -3.68. The van der Waals surface area contributed by atoms with Gasteiger partial charge < -0.3 is 21.1 Å². The van der Waals surface area contributed by atoms with Crippen molar-refractivity contribution in [3.05, 3.63) is 48.4 Å². The lowest BCUT2D eigenvalue weighted by Gasteiger charge is -2.13. The van der Waals surface area contributed by atoms with Gasteiger partial charge in [0.2, 0.25) is 5.95 Å². The van der Waals surface area contributed by atoms with E-state index in [-0.39, 0.29) is 0 Å². The molecule has 0 aliphatic heterocycles. The van der Waals surface area contributed by atoms with Crippen LogP contribution in [0.2, 0.25) is 0 Å². The molecule has 0 aliphatic carbocycles. The molecule has 2 heterocycles. The molecular formula is C23H29N7O. The van der Waals surface area contributed by atoms with E-state index in [4.69, 9.17) is 15.5 Å². The van der Waals surface area contributed by atoms with Gasteiger partial charge in [0.25, 0.3) is 0 Å². The average Bonchev–Trinajstić information content (AvgIpc) is 2.78. The van der Waals surface area contributed by atoms with Gasteiger partial charge in [-0.3, -0.25) is 4.99 Å². The summed E-state index contributed by atoms with van der Waals surface area (Å²) in [4.78, 5) is 17.6. The van der Waals surface area contributed by atoms with Gasteiger partial charge in [-0.05, 0) is 36.1 Å². The highest BCUT2D eigenvalue weighted by Crippen LogP contribution is 2.30. The van der Waals surface area contributed by atoms with E-state index >= 15 is 0 Å². The van der Waals surface area contributed by atoms with Crippen molar-refractivity contribution < 1.29 is 4.74 Å². The van der Waals surface area contributed by atoms with Crippen molar-refractivity contribution >= 4 is 40.1 Å². The van der Waals surface area contributed by atoms with E-state index in [1.54, 1.807) is 32.8 Å². The van der Waals surface area contributed by atoms with E-state index in [0.29, 0.717) is 17.6 Å². The van der Waals surface area contributed by atoms with Crippen LogP contribution in [0.15, 0.2) is 47.9 Å². The van der Waals surface area contributed by atoms with Crippen molar-refractivity contribution in [2.45, 2.75) is 20.3 Å². The third-order valence-corrected chi connectivity index (χ3v) is 4.74. The Labute approximate surface area is 182 Å². The molecule has 0 bridgehead atoms. The number of pyridine rings is 1. The number of hydrogen-bond acceptors (Lipinski definition) is 8. The van der Waals surface area contributed by atoms with Gasteiger partial charge in [-0.15, -0.1) is 0 Å². The maximum absolute atomic E-state index is 5.72. The number of rotatable bonds is 9. The molecule has 1 aromatic carbocycles. The minimum Gasteiger partial charge on any atom is -0.495 e. The van der Waals surface area contributed by atoms with Gasteiger partial charge in [0.1, 0.15) is 11.3 Å². The second-order valence-electron chi connectivity index (χ2n) is 7.45. The Balaban J connectivity index is 1.89. The van der Waals surface area contributed by atoms with Crippen molar-refractivity contribution in [1.29, 1.82) is 0 Å². The maximum Gasteiger partial charge on any atom is 0.227 e. The molecular weight excluding hydrogens is 390 g/mol. The van der Waals surface area contributed by atoms with Crippen LogP contribution in [0.1, 0.15) is 25.8 Å². The Kier molecular flexibility index (Phi) is 7.37. The van der Waals surface area contributed by atoms with Crippen LogP contribution < -0.4 is 21.1 Å². The summed E-state index contributed by atoms with van der Waals surface area (Å²) in [5.74, 6) is 2.47.